The molecule has 21 heavy (non-hydrogen) atoms. The van der Waals surface area contributed by atoms with Crippen LogP contribution in [0.15, 0.2) is 54.7 Å². The molecule has 1 N–H and O–H groups in total. The fourth-order valence-electron chi connectivity index (χ4n) is 2.70. The third-order valence-corrected chi connectivity index (χ3v) is 3.86. The fourth-order valence-corrected chi connectivity index (χ4v) is 2.70. The number of amides is 1. The number of carbonyl (C=O) groups excluding carboxylic acids is 1. The van der Waals surface area contributed by atoms with Gasteiger partial charge >= 0.3 is 0 Å². The minimum atomic E-state index is -0.0891. The van der Waals surface area contributed by atoms with Crippen molar-refractivity contribution in [1.82, 2.24) is 10.3 Å². The van der Waals surface area contributed by atoms with Crippen LogP contribution in [0.5, 0.6) is 0 Å². The molecule has 108 valence electrons. The van der Waals surface area contributed by atoms with Gasteiger partial charge in [-0.3, -0.25) is 9.78 Å². The molecular formula is C17H19N3O. The van der Waals surface area contributed by atoms with Crippen LogP contribution in [0, 0.1) is 5.92 Å². The Morgan fingerprint density at radius 1 is 1.19 bits per heavy atom. The summed E-state index contributed by atoms with van der Waals surface area (Å²) in [5.41, 5.74) is 1.74. The van der Waals surface area contributed by atoms with E-state index in [4.69, 9.17) is 0 Å². The summed E-state index contributed by atoms with van der Waals surface area (Å²) in [6, 6.07) is 15.8. The highest BCUT2D eigenvalue weighted by molar-refractivity contribution is 5.92. The second-order valence-corrected chi connectivity index (χ2v) is 5.36. The summed E-state index contributed by atoms with van der Waals surface area (Å²) in [4.78, 5) is 18.4. The second-order valence-electron chi connectivity index (χ2n) is 5.36. The summed E-state index contributed by atoms with van der Waals surface area (Å²) < 4.78 is 0. The highest BCUT2D eigenvalue weighted by Crippen LogP contribution is 2.22. The summed E-state index contributed by atoms with van der Waals surface area (Å²) in [6.45, 7) is 2.75. The van der Waals surface area contributed by atoms with Gasteiger partial charge in [0.2, 0.25) is 0 Å². The van der Waals surface area contributed by atoms with E-state index in [-0.39, 0.29) is 5.91 Å². The molecule has 1 amide bonds. The lowest BCUT2D eigenvalue weighted by atomic mass is 10.1. The monoisotopic (exact) mass is 281 g/mol. The topological polar surface area (TPSA) is 45.2 Å². The Morgan fingerprint density at radius 2 is 2.00 bits per heavy atom. The molecule has 1 fully saturated rings. The smallest absolute Gasteiger partial charge is 0.269 e. The van der Waals surface area contributed by atoms with Crippen LogP contribution in [-0.4, -0.2) is 30.5 Å². The molecule has 0 aliphatic carbocycles. The molecule has 0 spiro atoms. The summed E-state index contributed by atoms with van der Waals surface area (Å²) in [6.07, 6.45) is 2.75. The number of pyridine rings is 1. The molecular weight excluding hydrogens is 262 g/mol. The van der Waals surface area contributed by atoms with Crippen LogP contribution in [0.25, 0.3) is 0 Å². The molecule has 2 aromatic rings. The first-order valence-corrected chi connectivity index (χ1v) is 7.32. The van der Waals surface area contributed by atoms with Gasteiger partial charge in [0.05, 0.1) is 0 Å². The molecule has 3 rings (SSSR count). The highest BCUT2D eigenvalue weighted by Gasteiger charge is 2.23. The number of para-hydroxylation sites is 1. The van der Waals surface area contributed by atoms with Crippen molar-refractivity contribution in [1.29, 1.82) is 0 Å². The Morgan fingerprint density at radius 3 is 2.76 bits per heavy atom. The maximum atomic E-state index is 12.0. The Balaban J connectivity index is 1.50. The maximum absolute atomic E-state index is 12.0. The van der Waals surface area contributed by atoms with E-state index < -0.39 is 0 Å². The van der Waals surface area contributed by atoms with E-state index in [9.17, 15) is 4.79 Å². The van der Waals surface area contributed by atoms with Crippen LogP contribution >= 0.6 is 0 Å². The van der Waals surface area contributed by atoms with E-state index in [1.165, 1.54) is 5.69 Å². The van der Waals surface area contributed by atoms with Gasteiger partial charge in [0.15, 0.2) is 0 Å². The van der Waals surface area contributed by atoms with E-state index in [2.05, 4.69) is 39.5 Å². The molecule has 1 aromatic carbocycles. The van der Waals surface area contributed by atoms with Crippen LogP contribution < -0.4 is 10.2 Å². The quantitative estimate of drug-likeness (QED) is 0.935. The van der Waals surface area contributed by atoms with Crippen molar-refractivity contribution in [3.63, 3.8) is 0 Å². The molecule has 1 unspecified atom stereocenters. The molecule has 0 saturated carbocycles. The number of benzene rings is 1. The molecule has 1 aromatic heterocycles. The van der Waals surface area contributed by atoms with E-state index in [1.54, 1.807) is 12.3 Å². The number of aromatic nitrogens is 1. The zero-order chi connectivity index (χ0) is 14.5. The van der Waals surface area contributed by atoms with Crippen molar-refractivity contribution < 1.29 is 4.79 Å². The van der Waals surface area contributed by atoms with Crippen LogP contribution in [-0.2, 0) is 0 Å². The highest BCUT2D eigenvalue weighted by atomic mass is 16.1. The minimum Gasteiger partial charge on any atom is -0.371 e. The molecule has 1 aliphatic rings. The van der Waals surface area contributed by atoms with E-state index in [1.807, 2.05) is 18.2 Å². The SMILES string of the molecule is O=C(NCC1CCN(c2ccccc2)C1)c1ccccn1. The largest absolute Gasteiger partial charge is 0.371 e. The number of rotatable bonds is 4. The van der Waals surface area contributed by atoms with E-state index in [0.717, 1.165) is 19.5 Å². The zero-order valence-corrected chi connectivity index (χ0v) is 11.9. The molecule has 4 nitrogen and oxygen atoms in total. The van der Waals surface area contributed by atoms with Gasteiger partial charge in [0.25, 0.3) is 5.91 Å². The van der Waals surface area contributed by atoms with Crippen molar-refractivity contribution in [2.24, 2.45) is 5.92 Å². The number of hydrogen-bond acceptors (Lipinski definition) is 3. The van der Waals surface area contributed by atoms with Gasteiger partial charge in [-0.1, -0.05) is 24.3 Å². The Labute approximate surface area is 124 Å². The van der Waals surface area contributed by atoms with Gasteiger partial charge in [-0.15, -0.1) is 0 Å². The van der Waals surface area contributed by atoms with E-state index >= 15 is 0 Å². The average molecular weight is 281 g/mol. The average Bonchev–Trinajstić information content (AvgIpc) is 3.03. The minimum absolute atomic E-state index is 0.0891. The predicted octanol–water partition coefficient (Wildman–Crippen LogP) is 2.34. The van der Waals surface area contributed by atoms with Gasteiger partial charge in [-0.05, 0) is 36.6 Å². The maximum Gasteiger partial charge on any atom is 0.269 e. The summed E-state index contributed by atoms with van der Waals surface area (Å²) in [5.74, 6) is 0.409. The molecule has 2 heterocycles. The van der Waals surface area contributed by atoms with Crippen LogP contribution in [0.4, 0.5) is 5.69 Å². The van der Waals surface area contributed by atoms with Crippen molar-refractivity contribution >= 4 is 11.6 Å². The number of nitrogens with zero attached hydrogens (tertiary/aromatic N) is 2. The van der Waals surface area contributed by atoms with Gasteiger partial charge in [-0.25, -0.2) is 0 Å². The fraction of sp³-hybridized carbons (Fsp3) is 0.294. The molecule has 0 bridgehead atoms. The third kappa shape index (κ3) is 3.40. The van der Waals surface area contributed by atoms with Gasteiger partial charge in [0.1, 0.15) is 5.69 Å². The van der Waals surface area contributed by atoms with Crippen molar-refractivity contribution in [2.45, 2.75) is 6.42 Å². The van der Waals surface area contributed by atoms with Gasteiger partial charge < -0.3 is 10.2 Å². The molecule has 1 saturated heterocycles. The van der Waals surface area contributed by atoms with E-state index in [0.29, 0.717) is 18.2 Å². The number of hydrogen-bond donors (Lipinski definition) is 1. The lowest BCUT2D eigenvalue weighted by molar-refractivity contribution is 0.0943. The normalized spacial score (nSPS) is 17.7. The summed E-state index contributed by atoms with van der Waals surface area (Å²) >= 11 is 0. The van der Waals surface area contributed by atoms with Gasteiger partial charge in [-0.2, -0.15) is 0 Å². The first-order valence-electron chi connectivity index (χ1n) is 7.32. The first-order chi connectivity index (χ1) is 10.3. The number of nitrogens with one attached hydrogen (secondary N) is 1. The standard InChI is InChI=1S/C17H19N3O/c21-17(16-8-4-5-10-18-16)19-12-14-9-11-20(13-14)15-6-2-1-3-7-15/h1-8,10,14H,9,11-13H2,(H,19,21). The zero-order valence-electron chi connectivity index (χ0n) is 11.9. The number of anilines is 1. The Bertz CT molecular complexity index is 585. The van der Waals surface area contributed by atoms with Crippen molar-refractivity contribution in [2.75, 3.05) is 24.5 Å². The molecule has 0 radical (unpaired) electrons. The van der Waals surface area contributed by atoms with Crippen molar-refractivity contribution in [3.8, 4) is 0 Å². The molecule has 1 aliphatic heterocycles. The lowest BCUT2D eigenvalue weighted by Gasteiger charge is -2.18. The summed E-state index contributed by atoms with van der Waals surface area (Å²) in [7, 11) is 0. The Hall–Kier alpha value is -2.36. The third-order valence-electron chi connectivity index (χ3n) is 3.86. The Kier molecular flexibility index (Phi) is 4.15. The van der Waals surface area contributed by atoms with Crippen LogP contribution in [0.2, 0.25) is 0 Å². The van der Waals surface area contributed by atoms with Crippen LogP contribution in [0.1, 0.15) is 16.9 Å². The van der Waals surface area contributed by atoms with Gasteiger partial charge in [0, 0.05) is 31.5 Å². The second kappa shape index (κ2) is 6.39. The lowest BCUT2D eigenvalue weighted by Crippen LogP contribution is -2.31. The first kappa shape index (κ1) is 13.6. The number of carbonyl (C=O) groups is 1. The molecule has 1 atom stereocenters. The predicted molar refractivity (Wildman–Crippen MR) is 83.3 cm³/mol. The van der Waals surface area contributed by atoms with Crippen molar-refractivity contribution in [3.05, 3.63) is 60.4 Å². The van der Waals surface area contributed by atoms with Crippen LogP contribution in [0.3, 0.4) is 0 Å². The summed E-state index contributed by atoms with van der Waals surface area (Å²) in [5, 5.41) is 2.98. The molecule has 4 heteroatoms.